The van der Waals surface area contributed by atoms with Crippen LogP contribution in [0.5, 0.6) is 0 Å². The molecule has 3 heterocycles. The first kappa shape index (κ1) is 24.9. The first-order valence-electron chi connectivity index (χ1n) is 10.1. The molecule has 35 heavy (non-hydrogen) atoms. The predicted octanol–water partition coefficient (Wildman–Crippen LogP) is -0.357. The summed E-state index contributed by atoms with van der Waals surface area (Å²) < 4.78 is 12.4. The van der Waals surface area contributed by atoms with Crippen LogP contribution in [0.4, 0.5) is 5.82 Å². The molecular formula is C22H17N7NaO4P. The summed E-state index contributed by atoms with van der Waals surface area (Å²) in [5.41, 5.74) is 4.39. The first-order chi connectivity index (χ1) is 16.4. The quantitative estimate of drug-likeness (QED) is 0.212. The second kappa shape index (κ2) is 10.2. The molecule has 13 heteroatoms. The summed E-state index contributed by atoms with van der Waals surface area (Å²) in [6.07, 6.45) is 5.15. The third-order valence-electron chi connectivity index (χ3n) is 5.05. The van der Waals surface area contributed by atoms with Gasteiger partial charge in [-0.1, -0.05) is 30.3 Å². The minimum absolute atomic E-state index is 0. The summed E-state index contributed by atoms with van der Waals surface area (Å²) >= 11 is 0. The number of hydrogen-bond donors (Lipinski definition) is 3. The number of rotatable bonds is 6. The summed E-state index contributed by atoms with van der Waals surface area (Å²) in [4.78, 5) is 52.4. The Morgan fingerprint density at radius 1 is 1.06 bits per heavy atom. The van der Waals surface area contributed by atoms with Crippen molar-refractivity contribution in [2.24, 2.45) is 0 Å². The largest absolute Gasteiger partial charge is 1.00 e. The van der Waals surface area contributed by atoms with Crippen molar-refractivity contribution in [3.8, 4) is 22.4 Å². The van der Waals surface area contributed by atoms with Gasteiger partial charge in [-0.25, -0.2) is 19.9 Å². The maximum Gasteiger partial charge on any atom is 1.00 e. The van der Waals surface area contributed by atoms with Crippen molar-refractivity contribution in [1.82, 2.24) is 29.5 Å². The minimum Gasteiger partial charge on any atom is -0.777 e. The molecule has 1 atom stereocenters. The number of aromatic amines is 1. The Labute approximate surface area is 221 Å². The summed E-state index contributed by atoms with van der Waals surface area (Å²) in [5, 5.41) is 2.78. The molecule has 0 aliphatic heterocycles. The molecule has 1 amide bonds. The van der Waals surface area contributed by atoms with Gasteiger partial charge in [0, 0.05) is 17.3 Å². The van der Waals surface area contributed by atoms with Crippen LogP contribution < -0.4 is 39.8 Å². The van der Waals surface area contributed by atoms with Gasteiger partial charge in [0.2, 0.25) is 0 Å². The number of anilines is 1. The maximum atomic E-state index is 12.9. The minimum atomic E-state index is -4.45. The Kier molecular flexibility index (Phi) is 7.27. The Balaban J connectivity index is 0.00000289. The van der Waals surface area contributed by atoms with Crippen LogP contribution in [0.25, 0.3) is 33.5 Å². The zero-order valence-electron chi connectivity index (χ0n) is 18.5. The van der Waals surface area contributed by atoms with Gasteiger partial charge in [-0.3, -0.25) is 4.79 Å². The van der Waals surface area contributed by atoms with Crippen molar-refractivity contribution in [3.05, 3.63) is 79.3 Å². The molecule has 0 aliphatic rings. The molecule has 0 radical (unpaired) electrons. The van der Waals surface area contributed by atoms with Crippen LogP contribution in [0.1, 0.15) is 10.4 Å². The Morgan fingerprint density at radius 2 is 1.80 bits per heavy atom. The molecule has 5 aromatic rings. The molecule has 0 saturated carbocycles. The smallest absolute Gasteiger partial charge is 0.777 e. The van der Waals surface area contributed by atoms with Crippen LogP contribution in [0.3, 0.4) is 0 Å². The van der Waals surface area contributed by atoms with E-state index in [9.17, 15) is 14.3 Å². The standard InChI is InChI=1S/C22H18N7O4P.Na/c30-22(28-21-19-20(24-10-23-19)25-11-26-21)17-6-2-4-15(8-17)14-3-1-5-16(7-14)18-9-29(12-27-18)13-34(31,32)33;/h1-12H,13H2,(H2,31,32,33)(H2,23,24,25,26,28,30);/q;+1/p-1. The van der Waals surface area contributed by atoms with Gasteiger partial charge in [0.25, 0.3) is 5.91 Å². The van der Waals surface area contributed by atoms with Crippen LogP contribution in [-0.4, -0.2) is 40.3 Å². The fraction of sp³-hybridized carbons (Fsp3) is 0.0455. The fourth-order valence-corrected chi connectivity index (χ4v) is 4.10. The normalized spacial score (nSPS) is 12.6. The third-order valence-corrected chi connectivity index (χ3v) is 5.73. The molecule has 0 saturated heterocycles. The van der Waals surface area contributed by atoms with E-state index in [1.165, 1.54) is 23.5 Å². The van der Waals surface area contributed by atoms with Crippen molar-refractivity contribution < 1.29 is 48.7 Å². The number of carbonyl (C=O) groups is 1. The van der Waals surface area contributed by atoms with Crippen molar-refractivity contribution in [1.29, 1.82) is 0 Å². The number of nitrogens with one attached hydrogen (secondary N) is 2. The van der Waals surface area contributed by atoms with Gasteiger partial charge in [0.15, 0.2) is 19.1 Å². The zero-order valence-corrected chi connectivity index (χ0v) is 21.4. The van der Waals surface area contributed by atoms with Gasteiger partial charge in [0.1, 0.15) is 11.8 Å². The molecule has 0 fully saturated rings. The molecule has 0 bridgehead atoms. The number of nitrogens with zero attached hydrogens (tertiary/aromatic N) is 5. The SMILES string of the molecule is O=C(Nc1ncnc2nc[nH]c12)c1cccc(-c2cccc(-c3cn(CP(=O)([O-])O)cn3)c2)c1.[Na+]. The maximum absolute atomic E-state index is 12.9. The van der Waals surface area contributed by atoms with Gasteiger partial charge < -0.3 is 29.2 Å². The molecular weight excluding hydrogens is 480 g/mol. The molecule has 3 aromatic heterocycles. The second-order valence-electron chi connectivity index (χ2n) is 7.49. The van der Waals surface area contributed by atoms with E-state index in [0.29, 0.717) is 28.2 Å². The van der Waals surface area contributed by atoms with Crippen molar-refractivity contribution in [2.45, 2.75) is 6.29 Å². The van der Waals surface area contributed by atoms with Crippen LogP contribution >= 0.6 is 7.60 Å². The van der Waals surface area contributed by atoms with E-state index in [2.05, 4.69) is 30.2 Å². The Morgan fingerprint density at radius 3 is 2.60 bits per heavy atom. The molecule has 0 spiro atoms. The van der Waals surface area contributed by atoms with Crippen LogP contribution in [0.2, 0.25) is 0 Å². The predicted molar refractivity (Wildman–Crippen MR) is 123 cm³/mol. The third kappa shape index (κ3) is 5.73. The molecule has 1 unspecified atom stereocenters. The number of imidazole rings is 2. The van der Waals surface area contributed by atoms with Crippen LogP contribution in [0, 0.1) is 0 Å². The molecule has 2 aromatic carbocycles. The molecule has 5 rings (SSSR count). The number of amides is 1. The Bertz CT molecular complexity index is 1560. The Hall–Kier alpha value is -3.18. The van der Waals surface area contributed by atoms with Crippen molar-refractivity contribution >= 4 is 30.5 Å². The van der Waals surface area contributed by atoms with Crippen LogP contribution in [0.15, 0.2) is 73.7 Å². The number of carbonyl (C=O) groups excluding carboxylic acids is 1. The number of hydrogen-bond acceptors (Lipinski definition) is 7. The number of aromatic nitrogens is 6. The van der Waals surface area contributed by atoms with Gasteiger partial charge in [-0.2, -0.15) is 0 Å². The fourth-order valence-electron chi connectivity index (χ4n) is 3.53. The molecule has 3 N–H and O–H groups in total. The van der Waals surface area contributed by atoms with E-state index in [4.69, 9.17) is 4.89 Å². The van der Waals surface area contributed by atoms with Crippen molar-refractivity contribution in [2.75, 3.05) is 5.32 Å². The summed E-state index contributed by atoms with van der Waals surface area (Å²) in [5.74, 6) is -0.00149. The van der Waals surface area contributed by atoms with Crippen LogP contribution in [-0.2, 0) is 10.9 Å². The average Bonchev–Trinajstić information content (AvgIpc) is 3.48. The van der Waals surface area contributed by atoms with Crippen molar-refractivity contribution in [3.63, 3.8) is 0 Å². The summed E-state index contributed by atoms with van der Waals surface area (Å²) in [7, 11) is -4.45. The molecule has 0 aliphatic carbocycles. The van der Waals surface area contributed by atoms with E-state index >= 15 is 0 Å². The van der Waals surface area contributed by atoms with E-state index in [0.717, 1.165) is 16.7 Å². The number of fused-ring (bicyclic) bond motifs is 1. The van der Waals surface area contributed by atoms with Gasteiger partial charge >= 0.3 is 29.6 Å². The number of benzene rings is 2. The monoisotopic (exact) mass is 497 g/mol. The van der Waals surface area contributed by atoms with E-state index in [-0.39, 0.29) is 35.5 Å². The molecule has 11 nitrogen and oxygen atoms in total. The second-order valence-corrected chi connectivity index (χ2v) is 9.05. The molecule has 170 valence electrons. The summed E-state index contributed by atoms with van der Waals surface area (Å²) in [6.45, 7) is 0. The van der Waals surface area contributed by atoms with Gasteiger partial charge in [-0.15, -0.1) is 0 Å². The van der Waals surface area contributed by atoms with E-state index in [1.807, 2.05) is 30.3 Å². The average molecular weight is 497 g/mol. The zero-order chi connectivity index (χ0) is 23.7. The van der Waals surface area contributed by atoms with E-state index < -0.39 is 13.9 Å². The summed E-state index contributed by atoms with van der Waals surface area (Å²) in [6, 6.07) is 14.6. The topological polar surface area (TPSA) is 162 Å². The van der Waals surface area contributed by atoms with Gasteiger partial charge in [0.05, 0.1) is 24.6 Å². The first-order valence-corrected chi connectivity index (χ1v) is 11.8. The van der Waals surface area contributed by atoms with E-state index in [1.54, 1.807) is 24.4 Å². The van der Waals surface area contributed by atoms with Gasteiger partial charge in [-0.05, 0) is 29.3 Å². The number of H-pyrrole nitrogens is 1.